The van der Waals surface area contributed by atoms with Crippen LogP contribution in [0, 0.1) is 29.1 Å². The van der Waals surface area contributed by atoms with Gasteiger partial charge in [0, 0.05) is 17.6 Å². The highest BCUT2D eigenvalue weighted by Gasteiger charge is 2.29. The minimum Gasteiger partial charge on any atom is -0.193 e. The van der Waals surface area contributed by atoms with Crippen LogP contribution in [-0.2, 0) is 0 Å². The van der Waals surface area contributed by atoms with Crippen molar-refractivity contribution in [3.05, 3.63) is 10.3 Å². The van der Waals surface area contributed by atoms with E-state index in [0.29, 0.717) is 0 Å². The van der Waals surface area contributed by atoms with Gasteiger partial charge in [0.05, 0.1) is 10.3 Å². The van der Waals surface area contributed by atoms with Crippen molar-refractivity contribution < 1.29 is 0 Å². The van der Waals surface area contributed by atoms with Crippen molar-refractivity contribution in [2.24, 2.45) is 17.8 Å². The van der Waals surface area contributed by atoms with Crippen molar-refractivity contribution in [2.45, 2.75) is 58.3 Å². The fourth-order valence-corrected chi connectivity index (χ4v) is 6.21. The Morgan fingerprint density at radius 1 is 1.10 bits per heavy atom. The molecule has 0 aromatic heterocycles. The molecule has 2 fully saturated rings. The van der Waals surface area contributed by atoms with E-state index < -0.39 is 0 Å². The van der Waals surface area contributed by atoms with Gasteiger partial charge in [0.25, 0.3) is 0 Å². The number of thioether (sulfide) groups is 2. The van der Waals surface area contributed by atoms with Crippen LogP contribution in [0.25, 0.3) is 0 Å². The lowest BCUT2D eigenvalue weighted by molar-refractivity contribution is 0.218. The molecule has 0 bridgehead atoms. The summed E-state index contributed by atoms with van der Waals surface area (Å²) in [7, 11) is 0. The molecular formula is C17H27NS2. The van der Waals surface area contributed by atoms with E-state index in [1.54, 1.807) is 6.08 Å². The second kappa shape index (κ2) is 9.05. The lowest BCUT2D eigenvalue weighted by atomic mass is 9.75. The second-order valence-electron chi connectivity index (χ2n) is 6.25. The molecule has 1 aliphatic carbocycles. The lowest BCUT2D eigenvalue weighted by Gasteiger charge is -2.35. The van der Waals surface area contributed by atoms with E-state index in [4.69, 9.17) is 5.26 Å². The molecule has 0 radical (unpaired) electrons. The normalized spacial score (nSPS) is 30.8. The summed E-state index contributed by atoms with van der Waals surface area (Å²) in [6.07, 6.45) is 13.3. The van der Waals surface area contributed by atoms with Crippen molar-refractivity contribution in [2.75, 3.05) is 11.5 Å². The third-order valence-electron chi connectivity index (χ3n) is 4.84. The summed E-state index contributed by atoms with van der Waals surface area (Å²) in [6, 6.07) is 2.16. The van der Waals surface area contributed by atoms with Crippen LogP contribution in [0.5, 0.6) is 0 Å². The minimum atomic E-state index is 0.887. The standard InChI is InChI=1S/C17H27NS2/c1-2-3-4-5-14-6-8-15(9-7-14)16-12-19-17(10-11-18)20-13-16/h10,14-16H,2-9,12-13H2,1H3. The molecule has 0 spiro atoms. The summed E-state index contributed by atoms with van der Waals surface area (Å²) in [4.78, 5) is 0. The molecule has 0 amide bonds. The van der Waals surface area contributed by atoms with Crippen LogP contribution in [0.2, 0.25) is 0 Å². The summed E-state index contributed by atoms with van der Waals surface area (Å²) in [5.41, 5.74) is 0. The van der Waals surface area contributed by atoms with Gasteiger partial charge in [-0.1, -0.05) is 45.4 Å². The molecule has 1 heterocycles. The van der Waals surface area contributed by atoms with Crippen LogP contribution in [0.1, 0.15) is 58.3 Å². The quantitative estimate of drug-likeness (QED) is 0.471. The summed E-state index contributed by atoms with van der Waals surface area (Å²) in [6.45, 7) is 2.30. The van der Waals surface area contributed by atoms with Gasteiger partial charge in [0.15, 0.2) is 0 Å². The summed E-state index contributed by atoms with van der Waals surface area (Å²) in [5, 5.41) is 8.70. The highest BCUT2D eigenvalue weighted by Crippen LogP contribution is 2.44. The van der Waals surface area contributed by atoms with Crippen molar-refractivity contribution in [3.8, 4) is 6.07 Å². The summed E-state index contributed by atoms with van der Waals surface area (Å²) >= 11 is 3.82. The fraction of sp³-hybridized carbons (Fsp3) is 0.824. The largest absolute Gasteiger partial charge is 0.193 e. The zero-order valence-electron chi connectivity index (χ0n) is 12.6. The van der Waals surface area contributed by atoms with E-state index in [1.165, 1.54) is 67.1 Å². The summed E-state index contributed by atoms with van der Waals surface area (Å²) < 4.78 is 1.23. The number of allylic oxidation sites excluding steroid dienone is 1. The highest BCUT2D eigenvalue weighted by molar-refractivity contribution is 8.22. The van der Waals surface area contributed by atoms with Crippen molar-refractivity contribution in [1.82, 2.24) is 0 Å². The molecule has 3 heteroatoms. The maximum absolute atomic E-state index is 8.70. The summed E-state index contributed by atoms with van der Waals surface area (Å²) in [5.74, 6) is 5.35. The number of unbranched alkanes of at least 4 members (excludes halogenated alkanes) is 2. The van der Waals surface area contributed by atoms with Gasteiger partial charge in [0.1, 0.15) is 0 Å². The Bertz CT molecular complexity index is 340. The molecule has 1 aliphatic heterocycles. The fourth-order valence-electron chi connectivity index (χ4n) is 3.51. The average molecular weight is 310 g/mol. The average Bonchev–Trinajstić information content (AvgIpc) is 2.49. The topological polar surface area (TPSA) is 23.8 Å². The first-order chi connectivity index (χ1) is 9.83. The molecular weight excluding hydrogens is 282 g/mol. The number of hydrogen-bond acceptors (Lipinski definition) is 3. The van der Waals surface area contributed by atoms with Crippen LogP contribution >= 0.6 is 23.5 Å². The van der Waals surface area contributed by atoms with E-state index >= 15 is 0 Å². The third-order valence-corrected chi connectivity index (χ3v) is 7.54. The zero-order valence-corrected chi connectivity index (χ0v) is 14.3. The molecule has 0 N–H and O–H groups in total. The first kappa shape index (κ1) is 16.3. The van der Waals surface area contributed by atoms with Gasteiger partial charge in [-0.25, -0.2) is 0 Å². The Morgan fingerprint density at radius 2 is 1.80 bits per heavy atom. The predicted octanol–water partition coefficient (Wildman–Crippen LogP) is 5.83. The Kier molecular flexibility index (Phi) is 7.38. The van der Waals surface area contributed by atoms with Crippen LogP contribution in [0.15, 0.2) is 10.3 Å². The van der Waals surface area contributed by atoms with E-state index in [2.05, 4.69) is 13.0 Å². The molecule has 0 atom stereocenters. The van der Waals surface area contributed by atoms with Gasteiger partial charge in [-0.2, -0.15) is 5.26 Å². The number of nitrogens with zero attached hydrogens (tertiary/aromatic N) is 1. The van der Waals surface area contributed by atoms with Crippen molar-refractivity contribution in [3.63, 3.8) is 0 Å². The van der Waals surface area contributed by atoms with Gasteiger partial charge in [0.2, 0.25) is 0 Å². The first-order valence-electron chi connectivity index (χ1n) is 8.18. The van der Waals surface area contributed by atoms with Gasteiger partial charge in [-0.3, -0.25) is 0 Å². The van der Waals surface area contributed by atoms with Crippen LogP contribution in [-0.4, -0.2) is 11.5 Å². The zero-order chi connectivity index (χ0) is 14.2. The van der Waals surface area contributed by atoms with E-state index in [9.17, 15) is 0 Å². The molecule has 0 aromatic rings. The van der Waals surface area contributed by atoms with Crippen LogP contribution in [0.4, 0.5) is 0 Å². The molecule has 2 aliphatic rings. The second-order valence-corrected chi connectivity index (χ2v) is 8.63. The Morgan fingerprint density at radius 3 is 2.40 bits per heavy atom. The molecule has 1 saturated carbocycles. The molecule has 1 nitrogen and oxygen atoms in total. The Balaban J connectivity index is 1.67. The van der Waals surface area contributed by atoms with Gasteiger partial charge in [-0.15, -0.1) is 23.5 Å². The minimum absolute atomic E-state index is 0.887. The maximum Gasteiger partial charge on any atom is 0.0929 e. The molecule has 0 aromatic carbocycles. The van der Waals surface area contributed by atoms with Crippen LogP contribution < -0.4 is 0 Å². The highest BCUT2D eigenvalue weighted by atomic mass is 32.2. The SMILES string of the molecule is CCCCCC1CCC(C2CSC(=CC#N)SC2)CC1. The van der Waals surface area contributed by atoms with E-state index in [0.717, 1.165) is 17.8 Å². The third kappa shape index (κ3) is 5.04. The number of rotatable bonds is 5. The molecule has 2 rings (SSSR count). The van der Waals surface area contributed by atoms with Gasteiger partial charge in [-0.05, 0) is 30.6 Å². The van der Waals surface area contributed by atoms with Crippen LogP contribution in [0.3, 0.4) is 0 Å². The Hall–Kier alpha value is -0.0700. The Labute approximate surface area is 133 Å². The van der Waals surface area contributed by atoms with Crippen molar-refractivity contribution in [1.29, 1.82) is 5.26 Å². The maximum atomic E-state index is 8.70. The molecule has 112 valence electrons. The number of hydrogen-bond donors (Lipinski definition) is 0. The smallest absolute Gasteiger partial charge is 0.0929 e. The molecule has 0 unspecified atom stereocenters. The monoisotopic (exact) mass is 309 g/mol. The lowest BCUT2D eigenvalue weighted by Crippen LogP contribution is -2.26. The number of nitriles is 1. The van der Waals surface area contributed by atoms with Gasteiger partial charge < -0.3 is 0 Å². The predicted molar refractivity (Wildman–Crippen MR) is 91.7 cm³/mol. The van der Waals surface area contributed by atoms with E-state index in [-0.39, 0.29) is 0 Å². The van der Waals surface area contributed by atoms with Gasteiger partial charge >= 0.3 is 0 Å². The van der Waals surface area contributed by atoms with E-state index in [1.807, 2.05) is 23.5 Å². The molecule has 1 saturated heterocycles. The molecule has 20 heavy (non-hydrogen) atoms. The van der Waals surface area contributed by atoms with Crippen molar-refractivity contribution >= 4 is 23.5 Å². The first-order valence-corrected chi connectivity index (χ1v) is 10.2.